The van der Waals surface area contributed by atoms with Gasteiger partial charge in [-0.05, 0) is 17.5 Å². The predicted molar refractivity (Wildman–Crippen MR) is 56.8 cm³/mol. The van der Waals surface area contributed by atoms with Gasteiger partial charge in [-0.15, -0.1) is 0 Å². The van der Waals surface area contributed by atoms with Crippen LogP contribution in [0.1, 0.15) is 10.4 Å². The quantitative estimate of drug-likeness (QED) is 0.675. The molecule has 0 spiro atoms. The van der Waals surface area contributed by atoms with Crippen molar-refractivity contribution in [2.45, 2.75) is 6.55 Å². The van der Waals surface area contributed by atoms with E-state index in [1.54, 1.807) is 24.3 Å². The zero-order valence-corrected chi connectivity index (χ0v) is 8.15. The molecule has 0 unspecified atom stereocenters. The van der Waals surface area contributed by atoms with E-state index in [4.69, 9.17) is 0 Å². The monoisotopic (exact) mass is 219 g/mol. The smallest absolute Gasteiger partial charge is 0.268 e. The number of anilines is 1. The second-order valence-electron chi connectivity index (χ2n) is 3.63. The Morgan fingerprint density at radius 3 is 2.44 bits per heavy atom. The molecule has 1 aliphatic rings. The number of hydrogen-bond donors (Lipinski definition) is 0. The minimum atomic E-state index is -2.80. The van der Waals surface area contributed by atoms with Gasteiger partial charge in [0.2, 0.25) is 0 Å². The first-order valence-corrected chi connectivity index (χ1v) is 4.83. The molecule has 0 aromatic heterocycles. The summed E-state index contributed by atoms with van der Waals surface area (Å²) < 4.78 is 25.6. The van der Waals surface area contributed by atoms with E-state index < -0.39 is 12.5 Å². The summed E-state index contributed by atoms with van der Waals surface area (Å²) in [6, 6.07) is 10.1. The number of halogens is 2. The first kappa shape index (κ1) is 9.27. The number of benzene rings is 2. The molecule has 0 N–H and O–H groups in total. The topological polar surface area (TPSA) is 20.3 Å². The molecule has 0 saturated carbocycles. The lowest BCUT2D eigenvalue weighted by molar-refractivity contribution is 0.0850. The largest absolute Gasteiger partial charge is 0.321 e. The van der Waals surface area contributed by atoms with Gasteiger partial charge in [0, 0.05) is 5.39 Å². The van der Waals surface area contributed by atoms with Crippen LogP contribution < -0.4 is 4.90 Å². The van der Waals surface area contributed by atoms with E-state index >= 15 is 0 Å². The summed E-state index contributed by atoms with van der Waals surface area (Å²) in [5.41, 5.74) is 0.654. The normalized spacial score (nSPS) is 14.2. The maximum absolute atomic E-state index is 12.8. The highest BCUT2D eigenvalue weighted by Crippen LogP contribution is 2.38. The van der Waals surface area contributed by atoms with Crippen LogP contribution in [0, 0.1) is 0 Å². The van der Waals surface area contributed by atoms with Gasteiger partial charge in [0.05, 0.1) is 11.3 Å². The second-order valence-corrected chi connectivity index (χ2v) is 3.63. The summed E-state index contributed by atoms with van der Waals surface area (Å²) in [6.07, 6.45) is 0. The Hall–Kier alpha value is -1.97. The van der Waals surface area contributed by atoms with Gasteiger partial charge in [-0.1, -0.05) is 24.3 Å². The molecule has 0 bridgehead atoms. The minimum Gasteiger partial charge on any atom is -0.268 e. The Balaban J connectivity index is 2.40. The highest BCUT2D eigenvalue weighted by atomic mass is 19.3. The van der Waals surface area contributed by atoms with Crippen LogP contribution in [0.5, 0.6) is 0 Å². The van der Waals surface area contributed by atoms with E-state index in [1.807, 2.05) is 12.1 Å². The summed E-state index contributed by atoms with van der Waals surface area (Å²) in [4.78, 5) is 12.3. The van der Waals surface area contributed by atoms with Gasteiger partial charge in [-0.2, -0.15) is 8.78 Å². The number of nitrogens with zero attached hydrogens (tertiary/aromatic N) is 1. The summed E-state index contributed by atoms with van der Waals surface area (Å²) in [6.45, 7) is -2.80. The molecule has 1 heterocycles. The van der Waals surface area contributed by atoms with Gasteiger partial charge in [-0.25, -0.2) is 4.90 Å². The lowest BCUT2D eigenvalue weighted by Crippen LogP contribution is -2.31. The number of alkyl halides is 2. The van der Waals surface area contributed by atoms with Gasteiger partial charge in [0.25, 0.3) is 5.91 Å². The molecule has 0 saturated heterocycles. The fourth-order valence-corrected chi connectivity index (χ4v) is 2.13. The third kappa shape index (κ3) is 1.01. The van der Waals surface area contributed by atoms with E-state index in [1.165, 1.54) is 0 Å². The number of amides is 1. The minimum absolute atomic E-state index is 0.299. The molecule has 0 aliphatic carbocycles. The van der Waals surface area contributed by atoms with Crippen molar-refractivity contribution in [1.82, 2.24) is 0 Å². The lowest BCUT2D eigenvalue weighted by Gasteiger charge is -2.15. The molecule has 1 amide bonds. The summed E-state index contributed by atoms with van der Waals surface area (Å²) in [7, 11) is 0. The third-order valence-corrected chi connectivity index (χ3v) is 2.79. The van der Waals surface area contributed by atoms with Gasteiger partial charge in [0.1, 0.15) is 0 Å². The van der Waals surface area contributed by atoms with Crippen LogP contribution in [0.25, 0.3) is 10.8 Å². The molecule has 16 heavy (non-hydrogen) atoms. The van der Waals surface area contributed by atoms with Crippen LogP contribution in [-0.4, -0.2) is 12.5 Å². The van der Waals surface area contributed by atoms with Crippen LogP contribution in [0.15, 0.2) is 36.4 Å². The fraction of sp³-hybridized carbons (Fsp3) is 0.0833. The second kappa shape index (κ2) is 3.01. The Morgan fingerprint density at radius 1 is 1.06 bits per heavy atom. The summed E-state index contributed by atoms with van der Waals surface area (Å²) in [5, 5.41) is 1.43. The van der Waals surface area contributed by atoms with Crippen molar-refractivity contribution in [2.24, 2.45) is 0 Å². The zero-order valence-electron chi connectivity index (χ0n) is 8.15. The van der Waals surface area contributed by atoms with Crippen LogP contribution in [0.2, 0.25) is 0 Å². The standard InChI is InChI=1S/C12H7F2NO/c13-12(14)15-9-6-2-4-7-3-1-5-8(10(7)9)11(15)16/h1-6,12H. The Kier molecular flexibility index (Phi) is 1.74. The van der Waals surface area contributed by atoms with E-state index in [2.05, 4.69) is 0 Å². The number of carbonyl (C=O) groups excluding carboxylic acids is 1. The van der Waals surface area contributed by atoms with Crippen molar-refractivity contribution in [2.75, 3.05) is 4.90 Å². The van der Waals surface area contributed by atoms with Crippen molar-refractivity contribution in [3.05, 3.63) is 42.0 Å². The fourth-order valence-electron chi connectivity index (χ4n) is 2.13. The summed E-state index contributed by atoms with van der Waals surface area (Å²) in [5.74, 6) is -0.623. The first-order chi connectivity index (χ1) is 7.70. The van der Waals surface area contributed by atoms with Crippen molar-refractivity contribution in [3.8, 4) is 0 Å². The molecule has 80 valence electrons. The van der Waals surface area contributed by atoms with Gasteiger partial charge in [-0.3, -0.25) is 4.79 Å². The third-order valence-electron chi connectivity index (χ3n) is 2.79. The van der Waals surface area contributed by atoms with Crippen LogP contribution in [-0.2, 0) is 0 Å². The maximum Gasteiger partial charge on any atom is 0.321 e. The van der Waals surface area contributed by atoms with Crippen molar-refractivity contribution >= 4 is 22.4 Å². The first-order valence-electron chi connectivity index (χ1n) is 4.83. The molecule has 0 fully saturated rings. The Bertz CT molecular complexity index is 589. The molecule has 4 heteroatoms. The molecular weight excluding hydrogens is 212 g/mol. The number of carbonyl (C=O) groups is 1. The van der Waals surface area contributed by atoms with Crippen LogP contribution >= 0.6 is 0 Å². The molecule has 2 aromatic carbocycles. The highest BCUT2D eigenvalue weighted by Gasteiger charge is 2.34. The highest BCUT2D eigenvalue weighted by molar-refractivity contribution is 6.25. The molecule has 0 atom stereocenters. The molecular formula is C12H7F2NO. The average molecular weight is 219 g/mol. The molecule has 2 aromatic rings. The predicted octanol–water partition coefficient (Wildman–Crippen LogP) is 3.02. The van der Waals surface area contributed by atoms with E-state index in [0.29, 0.717) is 21.5 Å². The molecule has 3 rings (SSSR count). The lowest BCUT2D eigenvalue weighted by atomic mass is 10.1. The van der Waals surface area contributed by atoms with E-state index in [-0.39, 0.29) is 0 Å². The van der Waals surface area contributed by atoms with Gasteiger partial charge in [0.15, 0.2) is 0 Å². The van der Waals surface area contributed by atoms with Crippen molar-refractivity contribution in [1.29, 1.82) is 0 Å². The molecule has 0 radical (unpaired) electrons. The molecule has 2 nitrogen and oxygen atoms in total. The van der Waals surface area contributed by atoms with E-state index in [9.17, 15) is 13.6 Å². The number of hydrogen-bond acceptors (Lipinski definition) is 1. The van der Waals surface area contributed by atoms with E-state index in [0.717, 1.165) is 5.39 Å². The average Bonchev–Trinajstić information content (AvgIpc) is 2.55. The maximum atomic E-state index is 12.8. The van der Waals surface area contributed by atoms with Crippen LogP contribution in [0.4, 0.5) is 14.5 Å². The number of rotatable bonds is 1. The zero-order chi connectivity index (χ0) is 11.3. The SMILES string of the molecule is O=C1c2cccc3cccc(c23)N1C(F)F. The van der Waals surface area contributed by atoms with Gasteiger partial charge < -0.3 is 0 Å². The summed E-state index contributed by atoms with van der Waals surface area (Å²) >= 11 is 0. The Labute approximate surface area is 90.1 Å². The van der Waals surface area contributed by atoms with Crippen molar-refractivity contribution in [3.63, 3.8) is 0 Å². The molecule has 1 aliphatic heterocycles. The van der Waals surface area contributed by atoms with Crippen LogP contribution in [0.3, 0.4) is 0 Å². The Morgan fingerprint density at radius 2 is 1.75 bits per heavy atom. The van der Waals surface area contributed by atoms with Crippen molar-refractivity contribution < 1.29 is 13.6 Å². The van der Waals surface area contributed by atoms with Gasteiger partial charge >= 0.3 is 6.55 Å².